The number of hydrogen-bond acceptors (Lipinski definition) is 3. The minimum atomic E-state index is 0.251. The van der Waals surface area contributed by atoms with Crippen LogP contribution in [-0.4, -0.2) is 39.6 Å². The molecule has 4 nitrogen and oxygen atoms in total. The van der Waals surface area contributed by atoms with E-state index in [1.165, 1.54) is 32.1 Å². The second-order valence-electron chi connectivity index (χ2n) is 6.36. The molecule has 1 fully saturated rings. The van der Waals surface area contributed by atoms with Crippen LogP contribution in [0.15, 0.2) is 18.7 Å². The Balaban J connectivity index is 1.91. The van der Waals surface area contributed by atoms with E-state index in [0.29, 0.717) is 0 Å². The van der Waals surface area contributed by atoms with Gasteiger partial charge in [0.05, 0.1) is 6.33 Å². The van der Waals surface area contributed by atoms with Crippen LogP contribution in [0.3, 0.4) is 0 Å². The molecule has 0 amide bonds. The fourth-order valence-electron chi connectivity index (χ4n) is 3.83. The molecule has 2 unspecified atom stereocenters. The summed E-state index contributed by atoms with van der Waals surface area (Å²) in [5, 5.41) is 0. The van der Waals surface area contributed by atoms with Crippen molar-refractivity contribution in [2.24, 2.45) is 11.7 Å². The topological polar surface area (TPSA) is 47.1 Å². The summed E-state index contributed by atoms with van der Waals surface area (Å²) < 4.78 is 2.16. The first kappa shape index (κ1) is 15.5. The van der Waals surface area contributed by atoms with Crippen molar-refractivity contribution >= 4 is 0 Å². The van der Waals surface area contributed by atoms with Crippen molar-refractivity contribution in [2.75, 3.05) is 19.6 Å². The smallest absolute Gasteiger partial charge is 0.0945 e. The molecule has 4 heteroatoms. The number of hydrogen-bond donors (Lipinski definition) is 1. The fourth-order valence-corrected chi connectivity index (χ4v) is 3.83. The minimum absolute atomic E-state index is 0.251. The second-order valence-corrected chi connectivity index (χ2v) is 6.36. The van der Waals surface area contributed by atoms with E-state index in [-0.39, 0.29) is 5.54 Å². The summed E-state index contributed by atoms with van der Waals surface area (Å²) in [6, 6.07) is 0. The van der Waals surface area contributed by atoms with Gasteiger partial charge in [0.1, 0.15) is 0 Å². The summed E-state index contributed by atoms with van der Waals surface area (Å²) in [6.45, 7) is 8.74. The average Bonchev–Trinajstić information content (AvgIpc) is 2.96. The molecule has 1 aromatic rings. The van der Waals surface area contributed by atoms with Gasteiger partial charge in [-0.05, 0) is 31.7 Å². The van der Waals surface area contributed by atoms with Crippen molar-refractivity contribution in [3.05, 3.63) is 18.7 Å². The van der Waals surface area contributed by atoms with E-state index >= 15 is 0 Å². The highest BCUT2D eigenvalue weighted by atomic mass is 15.2. The van der Waals surface area contributed by atoms with Crippen LogP contribution in [0.25, 0.3) is 0 Å². The molecule has 20 heavy (non-hydrogen) atoms. The summed E-state index contributed by atoms with van der Waals surface area (Å²) >= 11 is 0. The predicted octanol–water partition coefficient (Wildman–Crippen LogP) is 2.50. The van der Waals surface area contributed by atoms with Gasteiger partial charge in [-0.3, -0.25) is 4.90 Å². The second kappa shape index (κ2) is 7.23. The van der Waals surface area contributed by atoms with Gasteiger partial charge in [0.2, 0.25) is 0 Å². The van der Waals surface area contributed by atoms with Crippen molar-refractivity contribution in [1.82, 2.24) is 14.5 Å². The van der Waals surface area contributed by atoms with Gasteiger partial charge in [0.25, 0.3) is 0 Å². The summed E-state index contributed by atoms with van der Waals surface area (Å²) in [6.07, 6.45) is 12.2. The Morgan fingerprint density at radius 1 is 1.50 bits per heavy atom. The van der Waals surface area contributed by atoms with Crippen LogP contribution >= 0.6 is 0 Å². The monoisotopic (exact) mass is 278 g/mol. The third-order valence-corrected chi connectivity index (χ3v) is 4.90. The van der Waals surface area contributed by atoms with Gasteiger partial charge in [-0.25, -0.2) is 4.98 Å². The van der Waals surface area contributed by atoms with Gasteiger partial charge in [-0.1, -0.05) is 26.7 Å². The summed E-state index contributed by atoms with van der Waals surface area (Å²) in [5.41, 5.74) is 6.44. The van der Waals surface area contributed by atoms with Crippen molar-refractivity contribution < 1.29 is 0 Å². The first-order valence-electron chi connectivity index (χ1n) is 8.11. The van der Waals surface area contributed by atoms with E-state index in [0.717, 1.165) is 32.1 Å². The standard InChI is InChI=1S/C16H30N4/c1-3-20(10-5-9-19-11-8-18-14-19)16(13-17)7-4-6-15(2)12-16/h8,11,14-15H,3-7,9-10,12-13,17H2,1-2H3. The number of nitrogens with zero attached hydrogens (tertiary/aromatic N) is 3. The highest BCUT2D eigenvalue weighted by Crippen LogP contribution is 2.36. The number of rotatable bonds is 7. The molecule has 1 aliphatic carbocycles. The zero-order valence-electron chi connectivity index (χ0n) is 13.1. The zero-order valence-corrected chi connectivity index (χ0v) is 13.1. The van der Waals surface area contributed by atoms with Crippen LogP contribution in [0, 0.1) is 5.92 Å². The zero-order chi connectivity index (χ0) is 14.4. The molecule has 1 aromatic heterocycles. The van der Waals surface area contributed by atoms with Gasteiger partial charge in [-0.15, -0.1) is 0 Å². The lowest BCUT2D eigenvalue weighted by atomic mass is 9.75. The Kier molecular flexibility index (Phi) is 5.61. The largest absolute Gasteiger partial charge is 0.337 e. The Labute approximate surface area is 123 Å². The molecule has 1 heterocycles. The molecular weight excluding hydrogens is 248 g/mol. The average molecular weight is 278 g/mol. The summed E-state index contributed by atoms with van der Waals surface area (Å²) in [5.74, 6) is 0.815. The van der Waals surface area contributed by atoms with Gasteiger partial charge < -0.3 is 10.3 Å². The van der Waals surface area contributed by atoms with E-state index in [1.54, 1.807) is 0 Å². The molecule has 0 aromatic carbocycles. The normalized spacial score (nSPS) is 27.1. The molecule has 114 valence electrons. The maximum atomic E-state index is 6.19. The first-order valence-corrected chi connectivity index (χ1v) is 8.11. The number of imidazole rings is 1. The molecule has 0 bridgehead atoms. The van der Waals surface area contributed by atoms with Gasteiger partial charge >= 0.3 is 0 Å². The number of nitrogens with two attached hydrogens (primary N) is 1. The molecule has 2 atom stereocenters. The van der Waals surface area contributed by atoms with Crippen LogP contribution in [-0.2, 0) is 6.54 Å². The Morgan fingerprint density at radius 2 is 2.35 bits per heavy atom. The molecule has 0 radical (unpaired) electrons. The quantitative estimate of drug-likeness (QED) is 0.833. The molecule has 1 aliphatic rings. The lowest BCUT2D eigenvalue weighted by Crippen LogP contribution is -2.56. The maximum absolute atomic E-state index is 6.19. The third-order valence-electron chi connectivity index (χ3n) is 4.90. The third kappa shape index (κ3) is 3.61. The molecular formula is C16H30N4. The minimum Gasteiger partial charge on any atom is -0.337 e. The van der Waals surface area contributed by atoms with E-state index in [9.17, 15) is 0 Å². The van der Waals surface area contributed by atoms with Crippen LogP contribution in [0.5, 0.6) is 0 Å². The van der Waals surface area contributed by atoms with Crippen molar-refractivity contribution in [2.45, 2.75) is 58.0 Å². The lowest BCUT2D eigenvalue weighted by Gasteiger charge is -2.47. The SMILES string of the molecule is CCN(CCCn1ccnc1)C1(CN)CCCC(C)C1. The van der Waals surface area contributed by atoms with Gasteiger partial charge in [-0.2, -0.15) is 0 Å². The molecule has 1 saturated carbocycles. The van der Waals surface area contributed by atoms with Crippen molar-refractivity contribution in [3.8, 4) is 0 Å². The van der Waals surface area contributed by atoms with Gasteiger partial charge in [0, 0.05) is 37.6 Å². The van der Waals surface area contributed by atoms with E-state index in [1.807, 2.05) is 18.7 Å². The van der Waals surface area contributed by atoms with Crippen molar-refractivity contribution in [3.63, 3.8) is 0 Å². The van der Waals surface area contributed by atoms with Crippen LogP contribution in [0.1, 0.15) is 46.0 Å². The summed E-state index contributed by atoms with van der Waals surface area (Å²) in [4.78, 5) is 6.74. The number of aromatic nitrogens is 2. The van der Waals surface area contributed by atoms with Crippen LogP contribution < -0.4 is 5.73 Å². The Morgan fingerprint density at radius 3 is 2.95 bits per heavy atom. The number of aryl methyl sites for hydroxylation is 1. The lowest BCUT2D eigenvalue weighted by molar-refractivity contribution is 0.0415. The first-order chi connectivity index (χ1) is 9.70. The van der Waals surface area contributed by atoms with Crippen molar-refractivity contribution in [1.29, 1.82) is 0 Å². The van der Waals surface area contributed by atoms with E-state index in [4.69, 9.17) is 5.73 Å². The highest BCUT2D eigenvalue weighted by Gasteiger charge is 2.37. The van der Waals surface area contributed by atoms with Crippen LogP contribution in [0.4, 0.5) is 0 Å². The Hall–Kier alpha value is -0.870. The Bertz CT molecular complexity index is 376. The molecule has 0 spiro atoms. The number of likely N-dealkylation sites (N-methyl/N-ethyl adjacent to an activating group) is 1. The van der Waals surface area contributed by atoms with Crippen LogP contribution in [0.2, 0.25) is 0 Å². The molecule has 0 aliphatic heterocycles. The van der Waals surface area contributed by atoms with E-state index in [2.05, 4.69) is 28.3 Å². The predicted molar refractivity (Wildman–Crippen MR) is 83.5 cm³/mol. The molecule has 0 saturated heterocycles. The maximum Gasteiger partial charge on any atom is 0.0945 e. The van der Waals surface area contributed by atoms with E-state index < -0.39 is 0 Å². The molecule has 2 N–H and O–H groups in total. The van der Waals surface area contributed by atoms with Gasteiger partial charge in [0.15, 0.2) is 0 Å². The fraction of sp³-hybridized carbons (Fsp3) is 0.812. The highest BCUT2D eigenvalue weighted by molar-refractivity contribution is 4.95. The molecule has 2 rings (SSSR count). The summed E-state index contributed by atoms with van der Waals surface area (Å²) in [7, 11) is 0.